The average Bonchev–Trinajstić information content (AvgIpc) is 3.09. The average molecular weight is 412 g/mol. The molecule has 1 aliphatic heterocycles. The minimum Gasteiger partial charge on any atom is -0.438 e. The second-order valence-corrected chi connectivity index (χ2v) is 6.90. The van der Waals surface area contributed by atoms with E-state index in [0.29, 0.717) is 0 Å². The molecule has 1 fully saturated rings. The maximum absolute atomic E-state index is 5.89. The van der Waals surface area contributed by atoms with Crippen LogP contribution in [0, 0.1) is 6.92 Å². The molecule has 0 atom stereocenters. The van der Waals surface area contributed by atoms with Gasteiger partial charge in [0.1, 0.15) is 5.76 Å². The zero-order valence-electron chi connectivity index (χ0n) is 11.8. The smallest absolute Gasteiger partial charge is 0.210 e. The van der Waals surface area contributed by atoms with Crippen molar-refractivity contribution in [2.45, 2.75) is 19.8 Å². The van der Waals surface area contributed by atoms with Gasteiger partial charge in [0.2, 0.25) is 5.88 Å². The number of halogens is 2. The van der Waals surface area contributed by atoms with Gasteiger partial charge in [-0.2, -0.15) is 0 Å². The second-order valence-electron chi connectivity index (χ2n) is 5.19. The molecule has 110 valence electrons. The van der Waals surface area contributed by atoms with E-state index in [1.54, 1.807) is 6.21 Å². The fraction of sp³-hybridized carbons (Fsp3) is 0.312. The summed E-state index contributed by atoms with van der Waals surface area (Å²) in [5, 5.41) is 0. The summed E-state index contributed by atoms with van der Waals surface area (Å²) in [6, 6.07) is 8.01. The first-order valence-electron chi connectivity index (χ1n) is 6.98. The van der Waals surface area contributed by atoms with Crippen LogP contribution in [0.5, 0.6) is 0 Å². The Kier molecular flexibility index (Phi) is 4.50. The van der Waals surface area contributed by atoms with Crippen molar-refractivity contribution in [3.8, 4) is 0 Å². The van der Waals surface area contributed by atoms with Gasteiger partial charge in [-0.05, 0) is 59.5 Å². The van der Waals surface area contributed by atoms with Crippen LogP contribution in [-0.2, 0) is 0 Å². The first-order valence-corrected chi connectivity index (χ1v) is 8.56. The Hall–Kier alpha value is -1.07. The normalized spacial score (nSPS) is 15.3. The molecule has 2 aromatic rings. The highest BCUT2D eigenvalue weighted by Crippen LogP contribution is 2.32. The molecule has 0 spiro atoms. The predicted molar refractivity (Wildman–Crippen MR) is 94.0 cm³/mol. The maximum Gasteiger partial charge on any atom is 0.210 e. The van der Waals surface area contributed by atoms with Gasteiger partial charge < -0.3 is 9.32 Å². The van der Waals surface area contributed by atoms with Crippen LogP contribution in [-0.4, -0.2) is 19.3 Å². The van der Waals surface area contributed by atoms with Crippen molar-refractivity contribution in [3.05, 3.63) is 44.5 Å². The van der Waals surface area contributed by atoms with Gasteiger partial charge in [0.15, 0.2) is 0 Å². The molecule has 5 heteroatoms. The lowest BCUT2D eigenvalue weighted by atomic mass is 10.2. The maximum atomic E-state index is 5.89. The molecule has 0 bridgehead atoms. The Labute approximate surface area is 141 Å². The summed E-state index contributed by atoms with van der Waals surface area (Å²) in [6.45, 7) is 4.18. The third-order valence-electron chi connectivity index (χ3n) is 3.56. The van der Waals surface area contributed by atoms with Crippen LogP contribution in [0.15, 0.2) is 42.6 Å². The van der Waals surface area contributed by atoms with Crippen molar-refractivity contribution in [2.24, 2.45) is 4.99 Å². The molecule has 0 radical (unpaired) electrons. The Bertz CT molecular complexity index is 673. The molecule has 0 N–H and O–H groups in total. The van der Waals surface area contributed by atoms with Gasteiger partial charge in [-0.3, -0.25) is 4.99 Å². The standard InChI is InChI=1S/C16H16Br2N2O/c1-11-8-12(4-5-14(11)17)19-10-13-9-15(18)16(21-13)20-6-2-3-7-20/h4-5,8-10H,2-3,6-7H2,1H3. The third-order valence-corrected chi connectivity index (χ3v) is 5.02. The summed E-state index contributed by atoms with van der Waals surface area (Å²) in [5.41, 5.74) is 2.09. The Balaban J connectivity index is 1.79. The second kappa shape index (κ2) is 6.36. The molecule has 3 rings (SSSR count). The first kappa shape index (κ1) is 14.9. The van der Waals surface area contributed by atoms with Crippen molar-refractivity contribution < 1.29 is 4.42 Å². The number of hydrogen-bond acceptors (Lipinski definition) is 3. The molecule has 2 heterocycles. The molecular formula is C16H16Br2N2O. The number of anilines is 1. The lowest BCUT2D eigenvalue weighted by molar-refractivity contribution is 0.549. The van der Waals surface area contributed by atoms with Gasteiger partial charge in [0.25, 0.3) is 0 Å². The van der Waals surface area contributed by atoms with Crippen molar-refractivity contribution in [1.82, 2.24) is 0 Å². The molecule has 0 unspecified atom stereocenters. The van der Waals surface area contributed by atoms with E-state index in [1.807, 2.05) is 24.3 Å². The Morgan fingerprint density at radius 3 is 2.62 bits per heavy atom. The summed E-state index contributed by atoms with van der Waals surface area (Å²) >= 11 is 7.07. The fourth-order valence-corrected chi connectivity index (χ4v) is 3.23. The van der Waals surface area contributed by atoms with Crippen LogP contribution in [0.1, 0.15) is 24.2 Å². The van der Waals surface area contributed by atoms with E-state index in [0.717, 1.165) is 39.4 Å². The van der Waals surface area contributed by atoms with E-state index >= 15 is 0 Å². The summed E-state index contributed by atoms with van der Waals surface area (Å²) in [5.74, 6) is 1.69. The van der Waals surface area contributed by atoms with Gasteiger partial charge in [0.05, 0.1) is 16.4 Å². The molecule has 3 nitrogen and oxygen atoms in total. The molecule has 1 aliphatic rings. The van der Waals surface area contributed by atoms with Gasteiger partial charge in [0, 0.05) is 23.6 Å². The molecule has 1 aromatic heterocycles. The molecule has 1 saturated heterocycles. The highest BCUT2D eigenvalue weighted by atomic mass is 79.9. The zero-order valence-corrected chi connectivity index (χ0v) is 14.9. The quantitative estimate of drug-likeness (QED) is 0.627. The SMILES string of the molecule is Cc1cc(N=Cc2cc(Br)c(N3CCCC3)o2)ccc1Br. The summed E-state index contributed by atoms with van der Waals surface area (Å²) in [6.07, 6.45) is 4.23. The van der Waals surface area contributed by atoms with E-state index < -0.39 is 0 Å². The lowest BCUT2D eigenvalue weighted by Gasteiger charge is -2.13. The summed E-state index contributed by atoms with van der Waals surface area (Å²) < 4.78 is 7.99. The van der Waals surface area contributed by atoms with Gasteiger partial charge >= 0.3 is 0 Å². The van der Waals surface area contributed by atoms with Crippen LogP contribution in [0.4, 0.5) is 11.6 Å². The highest BCUT2D eigenvalue weighted by Gasteiger charge is 2.19. The van der Waals surface area contributed by atoms with Crippen LogP contribution in [0.3, 0.4) is 0 Å². The minimum atomic E-state index is 0.768. The number of benzene rings is 1. The van der Waals surface area contributed by atoms with Crippen LogP contribution in [0.2, 0.25) is 0 Å². The number of nitrogens with zero attached hydrogens (tertiary/aromatic N) is 2. The number of aryl methyl sites for hydroxylation is 1. The lowest BCUT2D eigenvalue weighted by Crippen LogP contribution is -2.17. The predicted octanol–water partition coefficient (Wildman–Crippen LogP) is 5.46. The number of rotatable bonds is 3. The molecule has 21 heavy (non-hydrogen) atoms. The number of aliphatic imine (C=N–C) groups is 1. The fourth-order valence-electron chi connectivity index (χ4n) is 2.42. The minimum absolute atomic E-state index is 0.768. The Morgan fingerprint density at radius 1 is 1.14 bits per heavy atom. The largest absolute Gasteiger partial charge is 0.438 e. The molecule has 0 aliphatic carbocycles. The van der Waals surface area contributed by atoms with Crippen molar-refractivity contribution >= 4 is 49.6 Å². The molecule has 1 aromatic carbocycles. The third kappa shape index (κ3) is 3.40. The van der Waals surface area contributed by atoms with E-state index in [1.165, 1.54) is 18.4 Å². The molecular weight excluding hydrogens is 396 g/mol. The zero-order chi connectivity index (χ0) is 14.8. The summed E-state index contributed by atoms with van der Waals surface area (Å²) in [4.78, 5) is 6.75. The topological polar surface area (TPSA) is 28.7 Å². The molecule has 0 amide bonds. The van der Waals surface area contributed by atoms with Crippen LogP contribution >= 0.6 is 31.9 Å². The van der Waals surface area contributed by atoms with E-state index in [2.05, 4.69) is 48.7 Å². The van der Waals surface area contributed by atoms with Gasteiger partial charge in [-0.15, -0.1) is 0 Å². The number of furan rings is 1. The van der Waals surface area contributed by atoms with Crippen LogP contribution < -0.4 is 4.90 Å². The van der Waals surface area contributed by atoms with Crippen molar-refractivity contribution in [3.63, 3.8) is 0 Å². The van der Waals surface area contributed by atoms with E-state index in [-0.39, 0.29) is 0 Å². The van der Waals surface area contributed by atoms with Crippen molar-refractivity contribution in [1.29, 1.82) is 0 Å². The molecule has 0 saturated carbocycles. The summed E-state index contributed by atoms with van der Waals surface area (Å²) in [7, 11) is 0. The van der Waals surface area contributed by atoms with E-state index in [9.17, 15) is 0 Å². The van der Waals surface area contributed by atoms with Gasteiger partial charge in [-0.25, -0.2) is 0 Å². The highest BCUT2D eigenvalue weighted by molar-refractivity contribution is 9.10. The number of hydrogen-bond donors (Lipinski definition) is 0. The van der Waals surface area contributed by atoms with Gasteiger partial charge in [-0.1, -0.05) is 15.9 Å². The first-order chi connectivity index (χ1) is 10.1. The monoisotopic (exact) mass is 410 g/mol. The van der Waals surface area contributed by atoms with E-state index in [4.69, 9.17) is 4.42 Å². The van der Waals surface area contributed by atoms with Crippen LogP contribution in [0.25, 0.3) is 0 Å². The van der Waals surface area contributed by atoms with Crippen molar-refractivity contribution in [2.75, 3.05) is 18.0 Å². The Morgan fingerprint density at radius 2 is 1.90 bits per heavy atom.